The summed E-state index contributed by atoms with van der Waals surface area (Å²) in [5.74, 6) is -0.114. The fourth-order valence-electron chi connectivity index (χ4n) is 2.41. The zero-order chi connectivity index (χ0) is 18.0. The van der Waals surface area contributed by atoms with Gasteiger partial charge >= 0.3 is 0 Å². The van der Waals surface area contributed by atoms with E-state index in [4.69, 9.17) is 9.47 Å². The molecule has 0 saturated heterocycles. The van der Waals surface area contributed by atoms with Crippen molar-refractivity contribution in [3.05, 3.63) is 51.6 Å². The molecular weight excluding hydrogens is 435 g/mol. The second-order valence-corrected chi connectivity index (χ2v) is 7.14. The van der Waals surface area contributed by atoms with Crippen LogP contribution in [0.5, 0.6) is 11.5 Å². The lowest BCUT2D eigenvalue weighted by molar-refractivity contribution is -0.115. The highest BCUT2D eigenvalue weighted by Crippen LogP contribution is 2.40. The van der Waals surface area contributed by atoms with Crippen molar-refractivity contribution in [2.45, 2.75) is 19.6 Å². The predicted octanol–water partition coefficient (Wildman–Crippen LogP) is 3.17. The molecule has 0 aromatic heterocycles. The smallest absolute Gasteiger partial charge is 0.252 e. The van der Waals surface area contributed by atoms with Gasteiger partial charge in [0.2, 0.25) is 11.7 Å². The van der Waals surface area contributed by atoms with Gasteiger partial charge in [-0.25, -0.2) is 0 Å². The van der Waals surface area contributed by atoms with Gasteiger partial charge in [-0.3, -0.25) is 9.59 Å². The zero-order valence-electron chi connectivity index (χ0n) is 13.8. The Balaban J connectivity index is 1.57. The van der Waals surface area contributed by atoms with Crippen LogP contribution in [0.25, 0.3) is 0 Å². The molecule has 2 N–H and O–H groups in total. The first kappa shape index (κ1) is 17.5. The molecule has 1 heterocycles. The predicted molar refractivity (Wildman–Crippen MR) is 102 cm³/mol. The number of hydrogen-bond donors (Lipinski definition) is 2. The average molecular weight is 452 g/mol. The van der Waals surface area contributed by atoms with Crippen LogP contribution in [-0.4, -0.2) is 24.1 Å². The lowest BCUT2D eigenvalue weighted by Crippen LogP contribution is -2.33. The van der Waals surface area contributed by atoms with Gasteiger partial charge in [0.15, 0.2) is 11.5 Å². The molecule has 0 bridgehead atoms. The summed E-state index contributed by atoms with van der Waals surface area (Å²) in [6, 6.07) is 12.4. The minimum absolute atomic E-state index is 0.121. The Bertz CT molecular complexity index is 836. The van der Waals surface area contributed by atoms with E-state index < -0.39 is 5.79 Å². The van der Waals surface area contributed by atoms with Crippen molar-refractivity contribution in [1.82, 2.24) is 5.32 Å². The van der Waals surface area contributed by atoms with E-state index in [0.29, 0.717) is 22.7 Å². The number of rotatable bonds is 4. The van der Waals surface area contributed by atoms with Crippen LogP contribution in [0.1, 0.15) is 24.2 Å². The SMILES string of the molecule is CC1(C)Oc2ccc(NC(=O)CNC(=O)c3ccccc3I)cc2O1. The highest BCUT2D eigenvalue weighted by atomic mass is 127. The number of nitrogens with one attached hydrogen (secondary N) is 2. The Hall–Kier alpha value is -2.29. The molecule has 0 radical (unpaired) electrons. The summed E-state index contributed by atoms with van der Waals surface area (Å²) in [6.07, 6.45) is 0. The van der Waals surface area contributed by atoms with Gasteiger partial charge in [0.25, 0.3) is 5.91 Å². The van der Waals surface area contributed by atoms with Crippen LogP contribution < -0.4 is 20.1 Å². The number of carbonyl (C=O) groups excluding carboxylic acids is 2. The quantitative estimate of drug-likeness (QED) is 0.699. The minimum Gasteiger partial charge on any atom is -0.449 e. The number of fused-ring (bicyclic) bond motifs is 1. The second kappa shape index (κ2) is 6.91. The van der Waals surface area contributed by atoms with E-state index in [1.165, 1.54) is 0 Å². The van der Waals surface area contributed by atoms with Gasteiger partial charge in [-0.1, -0.05) is 12.1 Å². The Kier molecular flexibility index (Phi) is 4.85. The summed E-state index contributed by atoms with van der Waals surface area (Å²) < 4.78 is 12.1. The van der Waals surface area contributed by atoms with Crippen LogP contribution in [0.15, 0.2) is 42.5 Å². The summed E-state index contributed by atoms with van der Waals surface area (Å²) in [6.45, 7) is 3.50. The van der Waals surface area contributed by atoms with Crippen molar-refractivity contribution in [2.24, 2.45) is 0 Å². The Morgan fingerprint density at radius 2 is 1.80 bits per heavy atom. The number of ether oxygens (including phenoxy) is 2. The third kappa shape index (κ3) is 4.22. The van der Waals surface area contributed by atoms with Gasteiger partial charge in [0, 0.05) is 29.2 Å². The van der Waals surface area contributed by atoms with E-state index in [1.54, 1.807) is 30.3 Å². The van der Waals surface area contributed by atoms with E-state index >= 15 is 0 Å². The maximum Gasteiger partial charge on any atom is 0.252 e. The molecule has 6 nitrogen and oxygen atoms in total. The molecule has 0 atom stereocenters. The first-order valence-corrected chi connectivity index (χ1v) is 8.76. The number of hydrogen-bond acceptors (Lipinski definition) is 4. The molecule has 1 aliphatic rings. The summed E-state index contributed by atoms with van der Waals surface area (Å²) >= 11 is 2.08. The molecule has 7 heteroatoms. The van der Waals surface area contributed by atoms with Crippen molar-refractivity contribution in [3.63, 3.8) is 0 Å². The standard InChI is InChI=1S/C18H17IN2O4/c1-18(2)24-14-8-7-11(9-15(14)25-18)21-16(22)10-20-17(23)12-5-3-4-6-13(12)19/h3-9H,10H2,1-2H3,(H,20,23)(H,21,22). The summed E-state index contributed by atoms with van der Waals surface area (Å²) in [5.41, 5.74) is 1.12. The van der Waals surface area contributed by atoms with E-state index in [-0.39, 0.29) is 18.4 Å². The van der Waals surface area contributed by atoms with Crippen LogP contribution >= 0.6 is 22.6 Å². The molecule has 25 heavy (non-hydrogen) atoms. The van der Waals surface area contributed by atoms with E-state index in [9.17, 15) is 9.59 Å². The maximum absolute atomic E-state index is 12.1. The minimum atomic E-state index is -0.716. The van der Waals surface area contributed by atoms with Gasteiger partial charge in [0.1, 0.15) is 0 Å². The van der Waals surface area contributed by atoms with E-state index in [0.717, 1.165) is 3.57 Å². The maximum atomic E-state index is 12.1. The highest BCUT2D eigenvalue weighted by molar-refractivity contribution is 14.1. The van der Waals surface area contributed by atoms with Gasteiger partial charge < -0.3 is 20.1 Å². The molecular formula is C18H17IN2O4. The first-order valence-electron chi connectivity index (χ1n) is 7.69. The van der Waals surface area contributed by atoms with Crippen molar-refractivity contribution in [2.75, 3.05) is 11.9 Å². The van der Waals surface area contributed by atoms with Crippen LogP contribution in [0.3, 0.4) is 0 Å². The molecule has 2 aromatic rings. The number of benzene rings is 2. The fraction of sp³-hybridized carbons (Fsp3) is 0.222. The molecule has 2 aromatic carbocycles. The van der Waals surface area contributed by atoms with Gasteiger partial charge in [-0.15, -0.1) is 0 Å². The van der Waals surface area contributed by atoms with Gasteiger partial charge in [-0.2, -0.15) is 0 Å². The van der Waals surface area contributed by atoms with Gasteiger partial charge in [-0.05, 0) is 46.9 Å². The summed E-state index contributed by atoms with van der Waals surface area (Å²) in [4.78, 5) is 24.2. The largest absolute Gasteiger partial charge is 0.449 e. The van der Waals surface area contributed by atoms with Crippen LogP contribution in [0.2, 0.25) is 0 Å². The Morgan fingerprint density at radius 3 is 2.56 bits per heavy atom. The van der Waals surface area contributed by atoms with Crippen molar-refractivity contribution in [1.29, 1.82) is 0 Å². The van der Waals surface area contributed by atoms with Crippen molar-refractivity contribution < 1.29 is 19.1 Å². The van der Waals surface area contributed by atoms with Crippen LogP contribution in [-0.2, 0) is 4.79 Å². The Labute approximate surface area is 159 Å². The molecule has 0 aliphatic carbocycles. The third-order valence-electron chi connectivity index (χ3n) is 3.47. The lowest BCUT2D eigenvalue weighted by atomic mass is 10.2. The molecule has 0 fully saturated rings. The van der Waals surface area contributed by atoms with Crippen LogP contribution in [0, 0.1) is 3.57 Å². The first-order chi connectivity index (χ1) is 11.8. The zero-order valence-corrected chi connectivity index (χ0v) is 15.9. The number of halogens is 1. The molecule has 0 saturated carbocycles. The van der Waals surface area contributed by atoms with Crippen molar-refractivity contribution in [3.8, 4) is 11.5 Å². The van der Waals surface area contributed by atoms with E-state index in [2.05, 4.69) is 33.2 Å². The number of anilines is 1. The normalized spacial score (nSPS) is 14.0. The van der Waals surface area contributed by atoms with E-state index in [1.807, 2.05) is 26.0 Å². The molecule has 0 unspecified atom stereocenters. The van der Waals surface area contributed by atoms with Crippen LogP contribution in [0.4, 0.5) is 5.69 Å². The Morgan fingerprint density at radius 1 is 1.08 bits per heavy atom. The molecule has 3 rings (SSSR count). The third-order valence-corrected chi connectivity index (χ3v) is 4.41. The monoisotopic (exact) mass is 452 g/mol. The number of carbonyl (C=O) groups is 2. The van der Waals surface area contributed by atoms with Crippen molar-refractivity contribution >= 4 is 40.1 Å². The lowest BCUT2D eigenvalue weighted by Gasteiger charge is -2.16. The second-order valence-electron chi connectivity index (χ2n) is 5.98. The summed E-state index contributed by atoms with van der Waals surface area (Å²) in [5, 5.41) is 5.34. The average Bonchev–Trinajstić information content (AvgIpc) is 2.86. The van der Waals surface area contributed by atoms with Gasteiger partial charge in [0.05, 0.1) is 12.1 Å². The molecule has 130 valence electrons. The molecule has 0 spiro atoms. The molecule has 1 aliphatic heterocycles. The summed E-state index contributed by atoms with van der Waals surface area (Å²) in [7, 11) is 0. The topological polar surface area (TPSA) is 76.7 Å². The molecule has 2 amide bonds. The highest BCUT2D eigenvalue weighted by Gasteiger charge is 2.31. The fourth-order valence-corrected chi connectivity index (χ4v) is 3.04. The number of amides is 2.